The molecule has 0 radical (unpaired) electrons. The van der Waals surface area contributed by atoms with Gasteiger partial charge in [0.1, 0.15) is 0 Å². The fraction of sp³-hybridized carbons (Fsp3) is 0.667. The number of aliphatic carboxylic acids is 1. The molecule has 0 aliphatic heterocycles. The van der Waals surface area contributed by atoms with Gasteiger partial charge >= 0.3 is 5.97 Å². The molecule has 116 valence electrons. The average molecular weight is 293 g/mol. The number of rotatable bonds is 5. The van der Waals surface area contributed by atoms with E-state index in [0.29, 0.717) is 19.4 Å². The molecule has 21 heavy (non-hydrogen) atoms. The predicted octanol–water partition coefficient (Wildman–Crippen LogP) is 1.85. The summed E-state index contributed by atoms with van der Waals surface area (Å²) in [5.41, 5.74) is 0.0336. The van der Waals surface area contributed by atoms with Gasteiger partial charge in [0.25, 0.3) is 0 Å². The molecule has 1 heterocycles. The van der Waals surface area contributed by atoms with Crippen LogP contribution in [0.4, 0.5) is 0 Å². The third-order valence-electron chi connectivity index (χ3n) is 4.26. The molecule has 1 aliphatic carbocycles. The number of aromatic nitrogens is 2. The molecule has 1 saturated carbocycles. The van der Waals surface area contributed by atoms with Gasteiger partial charge in [-0.25, -0.2) is 0 Å². The van der Waals surface area contributed by atoms with E-state index in [9.17, 15) is 14.7 Å². The zero-order valence-electron chi connectivity index (χ0n) is 12.5. The molecule has 0 unspecified atom stereocenters. The summed E-state index contributed by atoms with van der Waals surface area (Å²) in [4.78, 5) is 23.8. The Kier molecular flexibility index (Phi) is 4.98. The first-order valence-corrected chi connectivity index (χ1v) is 7.49. The van der Waals surface area contributed by atoms with Crippen molar-refractivity contribution in [1.29, 1.82) is 0 Å². The van der Waals surface area contributed by atoms with Gasteiger partial charge in [-0.3, -0.25) is 14.3 Å². The van der Waals surface area contributed by atoms with Crippen molar-refractivity contribution in [3.8, 4) is 0 Å². The van der Waals surface area contributed by atoms with E-state index in [0.717, 1.165) is 31.2 Å². The van der Waals surface area contributed by atoms with E-state index in [1.165, 1.54) is 0 Å². The number of amides is 1. The lowest BCUT2D eigenvalue weighted by Crippen LogP contribution is -2.37. The number of aryl methyl sites for hydroxylation is 1. The quantitative estimate of drug-likeness (QED) is 0.811. The van der Waals surface area contributed by atoms with Crippen LogP contribution in [-0.2, 0) is 23.2 Å². The van der Waals surface area contributed by atoms with Crippen LogP contribution in [0.1, 0.15) is 50.5 Å². The van der Waals surface area contributed by atoms with E-state index in [4.69, 9.17) is 0 Å². The molecule has 2 N–H and O–H groups in total. The van der Waals surface area contributed by atoms with Gasteiger partial charge < -0.3 is 10.4 Å². The summed E-state index contributed by atoms with van der Waals surface area (Å²) in [5, 5.41) is 16.4. The summed E-state index contributed by atoms with van der Waals surface area (Å²) in [6.07, 6.45) is 8.70. The molecule has 1 aromatic heterocycles. The Morgan fingerprint density at radius 3 is 2.52 bits per heavy atom. The van der Waals surface area contributed by atoms with Gasteiger partial charge in [-0.15, -0.1) is 0 Å². The van der Waals surface area contributed by atoms with Crippen molar-refractivity contribution in [3.05, 3.63) is 18.0 Å². The van der Waals surface area contributed by atoms with Gasteiger partial charge in [0, 0.05) is 31.8 Å². The predicted molar refractivity (Wildman–Crippen MR) is 77.4 cm³/mol. The molecule has 0 aromatic carbocycles. The van der Waals surface area contributed by atoms with E-state index in [-0.39, 0.29) is 12.3 Å². The van der Waals surface area contributed by atoms with Crippen LogP contribution >= 0.6 is 0 Å². The molecule has 0 bridgehead atoms. The number of carbonyl (C=O) groups is 2. The standard InChI is InChI=1S/C15H23N3O3/c1-18-11-12(10-17-18)9-16-13(19)8-15(14(20)21)6-4-2-3-5-7-15/h10-11H,2-9H2,1H3,(H,16,19)(H,20,21). The van der Waals surface area contributed by atoms with E-state index in [2.05, 4.69) is 10.4 Å². The zero-order chi connectivity index (χ0) is 15.3. The maximum Gasteiger partial charge on any atom is 0.310 e. The molecular weight excluding hydrogens is 270 g/mol. The van der Waals surface area contributed by atoms with Crippen LogP contribution in [0.2, 0.25) is 0 Å². The highest BCUT2D eigenvalue weighted by Crippen LogP contribution is 2.38. The number of nitrogens with zero attached hydrogens (tertiary/aromatic N) is 2. The minimum atomic E-state index is -0.879. The van der Waals surface area contributed by atoms with Crippen molar-refractivity contribution < 1.29 is 14.7 Å². The number of hydrogen-bond acceptors (Lipinski definition) is 3. The normalized spacial score (nSPS) is 18.0. The lowest BCUT2D eigenvalue weighted by Gasteiger charge is -2.27. The van der Waals surface area contributed by atoms with Gasteiger partial charge in [0.2, 0.25) is 5.91 Å². The maximum atomic E-state index is 12.1. The lowest BCUT2D eigenvalue weighted by atomic mass is 9.77. The number of hydrogen-bond donors (Lipinski definition) is 2. The Hall–Kier alpha value is -1.85. The molecule has 6 heteroatoms. The maximum absolute atomic E-state index is 12.1. The Labute approximate surface area is 124 Å². The summed E-state index contributed by atoms with van der Waals surface area (Å²) in [5.74, 6) is -1.02. The van der Waals surface area contributed by atoms with Gasteiger partial charge in [-0.05, 0) is 12.8 Å². The molecule has 2 rings (SSSR count). The first kappa shape index (κ1) is 15.5. The third kappa shape index (κ3) is 4.06. The van der Waals surface area contributed by atoms with E-state index in [1.807, 2.05) is 13.2 Å². The Morgan fingerprint density at radius 2 is 2.00 bits per heavy atom. The summed E-state index contributed by atoms with van der Waals surface area (Å²) in [7, 11) is 1.82. The van der Waals surface area contributed by atoms with E-state index >= 15 is 0 Å². The largest absolute Gasteiger partial charge is 0.481 e. The number of nitrogens with one attached hydrogen (secondary N) is 1. The van der Waals surface area contributed by atoms with Crippen LogP contribution in [0.3, 0.4) is 0 Å². The van der Waals surface area contributed by atoms with Gasteiger partial charge in [0.15, 0.2) is 0 Å². The Bertz CT molecular complexity index is 502. The van der Waals surface area contributed by atoms with E-state index in [1.54, 1.807) is 10.9 Å². The van der Waals surface area contributed by atoms with Crippen LogP contribution in [0, 0.1) is 5.41 Å². The first-order valence-electron chi connectivity index (χ1n) is 7.49. The second-order valence-corrected chi connectivity index (χ2v) is 5.98. The highest BCUT2D eigenvalue weighted by atomic mass is 16.4. The van der Waals surface area contributed by atoms with Gasteiger partial charge in [-0.2, -0.15) is 5.10 Å². The smallest absolute Gasteiger partial charge is 0.310 e. The molecule has 0 spiro atoms. The minimum absolute atomic E-state index is 0.0720. The third-order valence-corrected chi connectivity index (χ3v) is 4.26. The average Bonchev–Trinajstić information content (AvgIpc) is 2.71. The first-order chi connectivity index (χ1) is 10.0. The summed E-state index contributed by atoms with van der Waals surface area (Å²) >= 11 is 0. The van der Waals surface area contributed by atoms with Crippen molar-refractivity contribution >= 4 is 11.9 Å². The molecule has 1 fully saturated rings. The number of carbonyl (C=O) groups excluding carboxylic acids is 1. The molecule has 0 saturated heterocycles. The Balaban J connectivity index is 1.93. The fourth-order valence-corrected chi connectivity index (χ4v) is 3.01. The molecule has 1 aliphatic rings. The summed E-state index contributed by atoms with van der Waals surface area (Å²) in [6.45, 7) is 0.391. The lowest BCUT2D eigenvalue weighted by molar-refractivity contribution is -0.152. The van der Waals surface area contributed by atoms with E-state index < -0.39 is 11.4 Å². The van der Waals surface area contributed by atoms with Crippen molar-refractivity contribution in [3.63, 3.8) is 0 Å². The molecule has 0 atom stereocenters. The van der Waals surface area contributed by atoms with Crippen LogP contribution in [0.5, 0.6) is 0 Å². The number of carboxylic acid groups (broad SMARTS) is 1. The highest BCUT2D eigenvalue weighted by Gasteiger charge is 2.40. The minimum Gasteiger partial charge on any atom is -0.481 e. The van der Waals surface area contributed by atoms with Crippen molar-refractivity contribution in [2.45, 2.75) is 51.5 Å². The van der Waals surface area contributed by atoms with Crippen LogP contribution in [0.25, 0.3) is 0 Å². The van der Waals surface area contributed by atoms with Crippen LogP contribution in [-0.4, -0.2) is 26.8 Å². The summed E-state index contributed by atoms with van der Waals surface area (Å²) < 4.78 is 1.67. The van der Waals surface area contributed by atoms with Crippen molar-refractivity contribution in [1.82, 2.24) is 15.1 Å². The zero-order valence-corrected chi connectivity index (χ0v) is 12.5. The highest BCUT2D eigenvalue weighted by molar-refractivity contribution is 5.85. The monoisotopic (exact) mass is 293 g/mol. The van der Waals surface area contributed by atoms with Crippen LogP contribution in [0.15, 0.2) is 12.4 Å². The molecular formula is C15H23N3O3. The molecule has 1 aromatic rings. The van der Waals surface area contributed by atoms with Crippen molar-refractivity contribution in [2.24, 2.45) is 12.5 Å². The SMILES string of the molecule is Cn1cc(CNC(=O)CC2(C(=O)O)CCCCCC2)cn1. The van der Waals surface area contributed by atoms with Gasteiger partial charge in [-0.1, -0.05) is 25.7 Å². The fourth-order valence-electron chi connectivity index (χ4n) is 3.01. The topological polar surface area (TPSA) is 84.2 Å². The summed E-state index contributed by atoms with van der Waals surface area (Å²) in [6, 6.07) is 0. The molecule has 6 nitrogen and oxygen atoms in total. The second-order valence-electron chi connectivity index (χ2n) is 5.98. The molecule has 1 amide bonds. The second kappa shape index (κ2) is 6.74. The van der Waals surface area contributed by atoms with Crippen LogP contribution < -0.4 is 5.32 Å². The van der Waals surface area contributed by atoms with Gasteiger partial charge in [0.05, 0.1) is 11.6 Å². The van der Waals surface area contributed by atoms with Crippen molar-refractivity contribution in [2.75, 3.05) is 0 Å². The Morgan fingerprint density at radius 1 is 1.33 bits per heavy atom. The number of carboxylic acids is 1.